The normalized spacial score (nSPS) is 15.5. The van der Waals surface area contributed by atoms with Crippen LogP contribution in [0.5, 0.6) is 0 Å². The topological polar surface area (TPSA) is 88.0 Å². The van der Waals surface area contributed by atoms with E-state index >= 15 is 0 Å². The molecule has 156 valence electrons. The van der Waals surface area contributed by atoms with Crippen molar-refractivity contribution in [3.63, 3.8) is 0 Å². The third-order valence-corrected chi connectivity index (χ3v) is 5.38. The van der Waals surface area contributed by atoms with E-state index in [-0.39, 0.29) is 18.0 Å². The number of imidazole rings is 1. The summed E-state index contributed by atoms with van der Waals surface area (Å²) in [5.74, 6) is -0.00863. The quantitative estimate of drug-likeness (QED) is 0.596. The van der Waals surface area contributed by atoms with Crippen molar-refractivity contribution in [1.82, 2.24) is 25.5 Å². The smallest absolute Gasteiger partial charge is 0.315 e. The van der Waals surface area contributed by atoms with Gasteiger partial charge in [-0.25, -0.2) is 9.78 Å². The van der Waals surface area contributed by atoms with Gasteiger partial charge in [0.15, 0.2) is 0 Å². The largest absolute Gasteiger partial charge is 0.350 e. The number of nitrogens with zero attached hydrogens (tertiary/aromatic N) is 2. The molecule has 1 aromatic carbocycles. The first-order valence-electron chi connectivity index (χ1n) is 10.5. The second-order valence-corrected chi connectivity index (χ2v) is 7.69. The number of aromatic nitrogens is 2. The van der Waals surface area contributed by atoms with Crippen molar-refractivity contribution in [2.45, 2.75) is 64.0 Å². The SMILES string of the molecule is CC(NC(=O)CCCNC(=O)NC1CCCCC1)c1ccc(-n2ccnc2)cc1. The van der Waals surface area contributed by atoms with Gasteiger partial charge in [0, 0.05) is 37.1 Å². The summed E-state index contributed by atoms with van der Waals surface area (Å²) >= 11 is 0. The third kappa shape index (κ3) is 6.62. The van der Waals surface area contributed by atoms with Crippen LogP contribution >= 0.6 is 0 Å². The van der Waals surface area contributed by atoms with Crippen molar-refractivity contribution in [1.29, 1.82) is 0 Å². The Hall–Kier alpha value is -2.83. The van der Waals surface area contributed by atoms with Crippen molar-refractivity contribution in [3.8, 4) is 5.69 Å². The van der Waals surface area contributed by atoms with E-state index in [1.54, 1.807) is 12.5 Å². The van der Waals surface area contributed by atoms with Crippen LogP contribution in [0.15, 0.2) is 43.0 Å². The fourth-order valence-corrected chi connectivity index (χ4v) is 3.68. The molecule has 1 aliphatic rings. The predicted octanol–water partition coefficient (Wildman–Crippen LogP) is 3.46. The Morgan fingerprint density at radius 3 is 2.62 bits per heavy atom. The van der Waals surface area contributed by atoms with E-state index in [0.29, 0.717) is 25.4 Å². The lowest BCUT2D eigenvalue weighted by atomic mass is 9.96. The molecule has 1 saturated carbocycles. The molecular formula is C22H31N5O2. The van der Waals surface area contributed by atoms with Gasteiger partial charge in [0.2, 0.25) is 5.91 Å². The minimum atomic E-state index is -0.122. The number of nitrogens with one attached hydrogen (secondary N) is 3. The third-order valence-electron chi connectivity index (χ3n) is 5.38. The van der Waals surface area contributed by atoms with E-state index in [4.69, 9.17) is 0 Å². The molecule has 2 aromatic rings. The summed E-state index contributed by atoms with van der Waals surface area (Å²) in [5.41, 5.74) is 2.08. The van der Waals surface area contributed by atoms with Gasteiger partial charge in [-0.1, -0.05) is 31.4 Å². The summed E-state index contributed by atoms with van der Waals surface area (Å²) in [4.78, 5) is 28.1. The number of hydrogen-bond donors (Lipinski definition) is 3. The first-order valence-corrected chi connectivity index (χ1v) is 10.5. The van der Waals surface area contributed by atoms with Crippen LogP contribution in [0.1, 0.15) is 63.5 Å². The van der Waals surface area contributed by atoms with Crippen molar-refractivity contribution in [2.75, 3.05) is 6.54 Å². The molecule has 0 spiro atoms. The highest BCUT2D eigenvalue weighted by atomic mass is 16.2. The average Bonchev–Trinajstić information content (AvgIpc) is 3.27. The maximum atomic E-state index is 12.2. The van der Waals surface area contributed by atoms with E-state index in [0.717, 1.165) is 24.1 Å². The predicted molar refractivity (Wildman–Crippen MR) is 113 cm³/mol. The lowest BCUT2D eigenvalue weighted by molar-refractivity contribution is -0.121. The maximum Gasteiger partial charge on any atom is 0.315 e. The standard InChI is InChI=1S/C22H31N5O2/c1-17(18-9-11-20(12-10-18)27-15-14-23-16-27)25-21(28)8-5-13-24-22(29)26-19-6-3-2-4-7-19/h9-12,14-17,19H,2-8,13H2,1H3,(H,25,28)(H2,24,26,29). The Kier molecular flexibility index (Phi) is 7.67. The average molecular weight is 398 g/mol. The summed E-state index contributed by atoms with van der Waals surface area (Å²) in [5, 5.41) is 8.89. The number of hydrogen-bond acceptors (Lipinski definition) is 3. The summed E-state index contributed by atoms with van der Waals surface area (Å²) in [6.45, 7) is 2.47. The molecule has 0 bridgehead atoms. The number of carbonyl (C=O) groups is 2. The van der Waals surface area contributed by atoms with Gasteiger partial charge in [0.1, 0.15) is 0 Å². The molecule has 1 atom stereocenters. The van der Waals surface area contributed by atoms with Gasteiger partial charge < -0.3 is 20.5 Å². The van der Waals surface area contributed by atoms with Crippen molar-refractivity contribution >= 4 is 11.9 Å². The molecule has 7 nitrogen and oxygen atoms in total. The van der Waals surface area contributed by atoms with Crippen LogP contribution in [0.3, 0.4) is 0 Å². The molecular weight excluding hydrogens is 366 g/mol. The van der Waals surface area contributed by atoms with E-state index in [9.17, 15) is 9.59 Å². The second-order valence-electron chi connectivity index (χ2n) is 7.69. The van der Waals surface area contributed by atoms with Gasteiger partial charge in [0.25, 0.3) is 0 Å². The van der Waals surface area contributed by atoms with Crippen LogP contribution in [0, 0.1) is 0 Å². The molecule has 3 amide bonds. The van der Waals surface area contributed by atoms with Crippen LogP contribution in [0.2, 0.25) is 0 Å². The van der Waals surface area contributed by atoms with Gasteiger partial charge in [-0.15, -0.1) is 0 Å². The summed E-state index contributed by atoms with van der Waals surface area (Å²) in [6, 6.07) is 8.15. The molecule has 1 heterocycles. The van der Waals surface area contributed by atoms with Crippen molar-refractivity contribution < 1.29 is 9.59 Å². The van der Waals surface area contributed by atoms with Crippen LogP contribution in [-0.4, -0.2) is 34.1 Å². The highest BCUT2D eigenvalue weighted by Gasteiger charge is 2.15. The number of amides is 3. The molecule has 1 fully saturated rings. The van der Waals surface area contributed by atoms with Gasteiger partial charge in [-0.2, -0.15) is 0 Å². The minimum absolute atomic E-state index is 0.00863. The molecule has 1 unspecified atom stereocenters. The summed E-state index contributed by atoms with van der Waals surface area (Å²) in [6.07, 6.45) is 12.2. The van der Waals surface area contributed by atoms with Crippen LogP contribution < -0.4 is 16.0 Å². The highest BCUT2D eigenvalue weighted by molar-refractivity contribution is 5.77. The molecule has 0 aliphatic heterocycles. The number of urea groups is 1. The van der Waals surface area contributed by atoms with Gasteiger partial charge in [-0.05, 0) is 43.9 Å². The summed E-state index contributed by atoms with van der Waals surface area (Å²) < 4.78 is 1.93. The van der Waals surface area contributed by atoms with Crippen molar-refractivity contribution in [2.24, 2.45) is 0 Å². The lowest BCUT2D eigenvalue weighted by Crippen LogP contribution is -2.43. The van der Waals surface area contributed by atoms with E-state index in [1.165, 1.54) is 19.3 Å². The number of rotatable bonds is 8. The first kappa shape index (κ1) is 20.9. The van der Waals surface area contributed by atoms with Crippen molar-refractivity contribution in [3.05, 3.63) is 48.5 Å². The molecule has 1 aromatic heterocycles. The zero-order chi connectivity index (χ0) is 20.5. The molecule has 1 aliphatic carbocycles. The minimum Gasteiger partial charge on any atom is -0.350 e. The fraction of sp³-hybridized carbons (Fsp3) is 0.500. The Morgan fingerprint density at radius 1 is 1.17 bits per heavy atom. The number of benzene rings is 1. The molecule has 0 saturated heterocycles. The zero-order valence-electron chi connectivity index (χ0n) is 17.1. The van der Waals surface area contributed by atoms with Crippen LogP contribution in [0.25, 0.3) is 5.69 Å². The van der Waals surface area contributed by atoms with Gasteiger partial charge in [0.05, 0.1) is 12.4 Å². The maximum absolute atomic E-state index is 12.2. The van der Waals surface area contributed by atoms with Crippen LogP contribution in [-0.2, 0) is 4.79 Å². The van der Waals surface area contributed by atoms with Crippen LogP contribution in [0.4, 0.5) is 4.79 Å². The molecule has 7 heteroatoms. The lowest BCUT2D eigenvalue weighted by Gasteiger charge is -2.22. The monoisotopic (exact) mass is 397 g/mol. The molecule has 0 radical (unpaired) electrons. The van der Waals surface area contributed by atoms with Gasteiger partial charge in [-0.3, -0.25) is 4.79 Å². The zero-order valence-corrected chi connectivity index (χ0v) is 17.1. The Labute approximate surface area is 172 Å². The molecule has 3 N–H and O–H groups in total. The fourth-order valence-electron chi connectivity index (χ4n) is 3.68. The Balaban J connectivity index is 1.33. The van der Waals surface area contributed by atoms with Gasteiger partial charge >= 0.3 is 6.03 Å². The highest BCUT2D eigenvalue weighted by Crippen LogP contribution is 2.17. The van der Waals surface area contributed by atoms with E-state index in [1.807, 2.05) is 42.0 Å². The Bertz CT molecular complexity index is 767. The van der Waals surface area contributed by atoms with E-state index < -0.39 is 0 Å². The molecule has 29 heavy (non-hydrogen) atoms. The number of carbonyl (C=O) groups excluding carboxylic acids is 2. The van der Waals surface area contributed by atoms with E-state index in [2.05, 4.69) is 20.9 Å². The molecule has 3 rings (SSSR count). The summed E-state index contributed by atoms with van der Waals surface area (Å²) in [7, 11) is 0. The first-order chi connectivity index (χ1) is 14.1. The second kappa shape index (κ2) is 10.6. The Morgan fingerprint density at radius 2 is 1.93 bits per heavy atom.